The van der Waals surface area contributed by atoms with Crippen LogP contribution in [0.1, 0.15) is 29.8 Å². The lowest BCUT2D eigenvalue weighted by molar-refractivity contribution is -0.139. The van der Waals surface area contributed by atoms with Gasteiger partial charge in [-0.15, -0.1) is 0 Å². The third-order valence-corrected chi connectivity index (χ3v) is 5.78. The standard InChI is InChI=1S/C24H23N3O3/c28-23(19-13-12-17-8-2-3-9-18(17)25-19)27-16-22(24(29)26-14-6-1-7-15-26)30-21-11-5-4-10-20(21)27/h2-5,8-13,22H,1,6-7,14-16H2/t22-/m0/s1. The molecule has 1 aromatic heterocycles. The van der Waals surface area contributed by atoms with E-state index < -0.39 is 6.10 Å². The summed E-state index contributed by atoms with van der Waals surface area (Å²) in [6.07, 6.45) is 2.47. The van der Waals surface area contributed by atoms with Crippen LogP contribution in [-0.4, -0.2) is 47.4 Å². The second-order valence-electron chi connectivity index (χ2n) is 7.77. The van der Waals surface area contributed by atoms with E-state index in [0.29, 0.717) is 17.1 Å². The van der Waals surface area contributed by atoms with Crippen LogP contribution in [0.3, 0.4) is 0 Å². The number of carbonyl (C=O) groups excluding carboxylic acids is 2. The number of para-hydroxylation sites is 3. The highest BCUT2D eigenvalue weighted by molar-refractivity contribution is 6.07. The molecule has 0 unspecified atom stereocenters. The van der Waals surface area contributed by atoms with Gasteiger partial charge in [0.25, 0.3) is 11.8 Å². The first-order valence-electron chi connectivity index (χ1n) is 10.4. The third kappa shape index (κ3) is 3.38. The lowest BCUT2D eigenvalue weighted by atomic mass is 10.1. The van der Waals surface area contributed by atoms with Gasteiger partial charge in [-0.05, 0) is 43.5 Å². The van der Waals surface area contributed by atoms with Crippen LogP contribution < -0.4 is 9.64 Å². The van der Waals surface area contributed by atoms with Gasteiger partial charge in [-0.25, -0.2) is 4.98 Å². The minimum Gasteiger partial charge on any atom is -0.476 e. The van der Waals surface area contributed by atoms with Crippen LogP contribution >= 0.6 is 0 Å². The van der Waals surface area contributed by atoms with E-state index in [1.165, 1.54) is 0 Å². The van der Waals surface area contributed by atoms with Crippen molar-refractivity contribution in [3.8, 4) is 5.75 Å². The summed E-state index contributed by atoms with van der Waals surface area (Å²) in [5.74, 6) is 0.273. The molecule has 1 atom stereocenters. The molecule has 0 bridgehead atoms. The fraction of sp³-hybridized carbons (Fsp3) is 0.292. The molecule has 3 heterocycles. The van der Waals surface area contributed by atoms with E-state index in [-0.39, 0.29) is 18.4 Å². The van der Waals surface area contributed by atoms with Crippen molar-refractivity contribution in [2.45, 2.75) is 25.4 Å². The normalized spacial score (nSPS) is 18.6. The van der Waals surface area contributed by atoms with Gasteiger partial charge in [-0.2, -0.15) is 0 Å². The quantitative estimate of drug-likeness (QED) is 0.658. The molecule has 0 radical (unpaired) electrons. The molecule has 5 rings (SSSR count). The summed E-state index contributed by atoms with van der Waals surface area (Å²) >= 11 is 0. The lowest BCUT2D eigenvalue weighted by Gasteiger charge is -2.37. The Labute approximate surface area is 175 Å². The average molecular weight is 401 g/mol. The van der Waals surface area contributed by atoms with Crippen molar-refractivity contribution in [2.24, 2.45) is 0 Å². The van der Waals surface area contributed by atoms with E-state index in [1.54, 1.807) is 17.0 Å². The molecule has 0 saturated carbocycles. The molecule has 30 heavy (non-hydrogen) atoms. The van der Waals surface area contributed by atoms with E-state index in [9.17, 15) is 9.59 Å². The summed E-state index contributed by atoms with van der Waals surface area (Å²) in [4.78, 5) is 34.6. The number of rotatable bonds is 2. The summed E-state index contributed by atoms with van der Waals surface area (Å²) in [5.41, 5.74) is 1.79. The van der Waals surface area contributed by atoms with Crippen LogP contribution in [0.15, 0.2) is 60.7 Å². The zero-order chi connectivity index (χ0) is 20.5. The summed E-state index contributed by atoms with van der Waals surface area (Å²) in [6, 6.07) is 18.7. The third-order valence-electron chi connectivity index (χ3n) is 5.78. The fourth-order valence-electron chi connectivity index (χ4n) is 4.20. The predicted molar refractivity (Wildman–Crippen MR) is 115 cm³/mol. The van der Waals surface area contributed by atoms with Crippen molar-refractivity contribution in [1.29, 1.82) is 0 Å². The number of anilines is 1. The van der Waals surface area contributed by atoms with Gasteiger partial charge in [0.2, 0.25) is 0 Å². The monoisotopic (exact) mass is 401 g/mol. The van der Waals surface area contributed by atoms with Gasteiger partial charge in [0.1, 0.15) is 11.4 Å². The smallest absolute Gasteiger partial charge is 0.277 e. The van der Waals surface area contributed by atoms with E-state index in [4.69, 9.17) is 4.74 Å². The van der Waals surface area contributed by atoms with E-state index in [1.807, 2.05) is 53.4 Å². The molecule has 152 valence electrons. The number of nitrogens with zero attached hydrogens (tertiary/aromatic N) is 3. The van der Waals surface area contributed by atoms with Gasteiger partial charge < -0.3 is 9.64 Å². The molecule has 3 aromatic rings. The van der Waals surface area contributed by atoms with Crippen molar-refractivity contribution >= 4 is 28.4 Å². The number of piperidine rings is 1. The Bertz CT molecular complexity index is 1110. The van der Waals surface area contributed by atoms with Crippen LogP contribution in [0.2, 0.25) is 0 Å². The first-order valence-corrected chi connectivity index (χ1v) is 10.4. The number of hydrogen-bond donors (Lipinski definition) is 0. The minimum absolute atomic E-state index is 0.0477. The Kier molecular flexibility index (Phi) is 4.83. The van der Waals surface area contributed by atoms with Crippen LogP contribution in [0.5, 0.6) is 5.75 Å². The number of ether oxygens (including phenoxy) is 1. The van der Waals surface area contributed by atoms with Crippen LogP contribution in [0, 0.1) is 0 Å². The lowest BCUT2D eigenvalue weighted by Crippen LogP contribution is -2.52. The van der Waals surface area contributed by atoms with Gasteiger partial charge in [0.15, 0.2) is 6.10 Å². The summed E-state index contributed by atoms with van der Waals surface area (Å²) < 4.78 is 6.03. The van der Waals surface area contributed by atoms with Gasteiger partial charge >= 0.3 is 0 Å². The summed E-state index contributed by atoms with van der Waals surface area (Å²) in [6.45, 7) is 1.68. The Morgan fingerprint density at radius 1 is 0.900 bits per heavy atom. The molecule has 1 fully saturated rings. The Morgan fingerprint density at radius 3 is 2.53 bits per heavy atom. The SMILES string of the molecule is O=C([C@@H]1CN(C(=O)c2ccc3ccccc3n2)c2ccccc2O1)N1CCCCC1. The second kappa shape index (κ2) is 7.78. The zero-order valence-electron chi connectivity index (χ0n) is 16.7. The first-order chi connectivity index (χ1) is 14.7. The van der Waals surface area contributed by atoms with Gasteiger partial charge in [-0.1, -0.05) is 36.4 Å². The van der Waals surface area contributed by atoms with Crippen molar-refractivity contribution in [3.05, 3.63) is 66.4 Å². The van der Waals surface area contributed by atoms with E-state index in [0.717, 1.165) is 43.3 Å². The van der Waals surface area contributed by atoms with Crippen LogP contribution in [0.25, 0.3) is 10.9 Å². The number of aromatic nitrogens is 1. The van der Waals surface area contributed by atoms with E-state index in [2.05, 4.69) is 4.98 Å². The van der Waals surface area contributed by atoms with Gasteiger partial charge in [0, 0.05) is 18.5 Å². The molecule has 2 aromatic carbocycles. The Balaban J connectivity index is 1.47. The van der Waals surface area contributed by atoms with Crippen molar-refractivity contribution in [3.63, 3.8) is 0 Å². The number of hydrogen-bond acceptors (Lipinski definition) is 4. The topological polar surface area (TPSA) is 62.7 Å². The Hall–Kier alpha value is -3.41. The highest BCUT2D eigenvalue weighted by atomic mass is 16.5. The predicted octanol–water partition coefficient (Wildman–Crippen LogP) is 3.66. The fourth-order valence-corrected chi connectivity index (χ4v) is 4.20. The molecule has 2 aliphatic rings. The Morgan fingerprint density at radius 2 is 1.67 bits per heavy atom. The first kappa shape index (κ1) is 18.6. The number of amides is 2. The molecule has 2 amide bonds. The molecule has 1 saturated heterocycles. The molecule has 0 aliphatic carbocycles. The second-order valence-corrected chi connectivity index (χ2v) is 7.77. The van der Waals surface area contributed by atoms with Crippen LogP contribution in [0.4, 0.5) is 5.69 Å². The summed E-state index contributed by atoms with van der Waals surface area (Å²) in [5, 5.41) is 0.981. The molecule has 2 aliphatic heterocycles. The summed E-state index contributed by atoms with van der Waals surface area (Å²) in [7, 11) is 0. The van der Waals surface area contributed by atoms with Gasteiger partial charge in [-0.3, -0.25) is 14.5 Å². The maximum absolute atomic E-state index is 13.4. The maximum atomic E-state index is 13.4. The highest BCUT2D eigenvalue weighted by Crippen LogP contribution is 2.34. The number of pyridine rings is 1. The number of carbonyl (C=O) groups is 2. The molecule has 6 nitrogen and oxygen atoms in total. The van der Waals surface area contributed by atoms with Crippen molar-refractivity contribution in [1.82, 2.24) is 9.88 Å². The maximum Gasteiger partial charge on any atom is 0.277 e. The largest absolute Gasteiger partial charge is 0.476 e. The molecular formula is C24H23N3O3. The molecule has 0 N–H and O–H groups in total. The van der Waals surface area contributed by atoms with Crippen molar-refractivity contribution in [2.75, 3.05) is 24.5 Å². The molecule has 0 spiro atoms. The molecule has 6 heteroatoms. The zero-order valence-corrected chi connectivity index (χ0v) is 16.7. The minimum atomic E-state index is -0.706. The van der Waals surface area contributed by atoms with Gasteiger partial charge in [0.05, 0.1) is 17.7 Å². The van der Waals surface area contributed by atoms with E-state index >= 15 is 0 Å². The number of benzene rings is 2. The number of likely N-dealkylation sites (tertiary alicyclic amines) is 1. The van der Waals surface area contributed by atoms with Crippen molar-refractivity contribution < 1.29 is 14.3 Å². The van der Waals surface area contributed by atoms with Crippen LogP contribution in [-0.2, 0) is 4.79 Å². The average Bonchev–Trinajstić information content (AvgIpc) is 2.82. The number of fused-ring (bicyclic) bond motifs is 2. The molecular weight excluding hydrogens is 378 g/mol. The highest BCUT2D eigenvalue weighted by Gasteiger charge is 2.36.